The summed E-state index contributed by atoms with van der Waals surface area (Å²) in [4.78, 5) is 22.7. The van der Waals surface area contributed by atoms with Crippen LogP contribution in [-0.4, -0.2) is 17.3 Å². The molecule has 0 aliphatic heterocycles. The lowest BCUT2D eigenvalue weighted by atomic mass is 10.1. The molecule has 1 aromatic rings. The van der Waals surface area contributed by atoms with Crippen LogP contribution < -0.4 is 10.6 Å². The third kappa shape index (κ3) is 4.07. The van der Waals surface area contributed by atoms with Crippen LogP contribution in [0.1, 0.15) is 19.4 Å². The van der Waals surface area contributed by atoms with Gasteiger partial charge in [0.15, 0.2) is 0 Å². The van der Waals surface area contributed by atoms with E-state index < -0.39 is 17.3 Å². The van der Waals surface area contributed by atoms with E-state index >= 15 is 0 Å². The van der Waals surface area contributed by atoms with Crippen LogP contribution >= 0.6 is 11.6 Å². The molecule has 0 heterocycles. The van der Waals surface area contributed by atoms with E-state index in [1.165, 1.54) is 6.92 Å². The molecule has 5 heteroatoms. The van der Waals surface area contributed by atoms with Gasteiger partial charge in [-0.1, -0.05) is 25.1 Å². The first-order valence-electron chi connectivity index (χ1n) is 5.38. The fourth-order valence-corrected chi connectivity index (χ4v) is 1.37. The van der Waals surface area contributed by atoms with Gasteiger partial charge in [-0.3, -0.25) is 10.1 Å². The van der Waals surface area contributed by atoms with Crippen molar-refractivity contribution in [2.75, 3.05) is 5.32 Å². The second-order valence-corrected chi connectivity index (χ2v) is 4.22. The number of halogens is 1. The summed E-state index contributed by atoms with van der Waals surface area (Å²) in [5, 5.41) is 4.04. The van der Waals surface area contributed by atoms with Crippen molar-refractivity contribution in [2.45, 2.75) is 25.6 Å². The van der Waals surface area contributed by atoms with E-state index in [9.17, 15) is 9.59 Å². The first-order valence-corrected chi connectivity index (χ1v) is 5.82. The molecule has 1 unspecified atom stereocenters. The Labute approximate surface area is 105 Å². The minimum atomic E-state index is -0.734. The molecule has 0 saturated heterocycles. The molecule has 0 spiro atoms. The molecule has 2 N–H and O–H groups in total. The van der Waals surface area contributed by atoms with Gasteiger partial charge in [-0.15, -0.1) is 11.6 Å². The summed E-state index contributed by atoms with van der Waals surface area (Å²) in [6, 6.07) is 6.85. The van der Waals surface area contributed by atoms with Gasteiger partial charge in [-0.2, -0.15) is 0 Å². The van der Waals surface area contributed by atoms with E-state index in [2.05, 4.69) is 10.6 Å². The SMILES string of the molecule is CCc1ccccc1NC(=O)NC(=O)C(C)Cl. The van der Waals surface area contributed by atoms with Crippen LogP contribution in [0.15, 0.2) is 24.3 Å². The fourth-order valence-electron chi connectivity index (χ4n) is 1.32. The standard InChI is InChI=1S/C12H15ClN2O2/c1-3-9-6-4-5-7-10(9)14-12(17)15-11(16)8(2)13/h4-8H,3H2,1-2H3,(H2,14,15,16,17). The highest BCUT2D eigenvalue weighted by Gasteiger charge is 2.13. The van der Waals surface area contributed by atoms with Crippen LogP contribution in [0.25, 0.3) is 0 Å². The number of rotatable bonds is 3. The van der Waals surface area contributed by atoms with E-state index in [0.717, 1.165) is 12.0 Å². The molecule has 0 aliphatic carbocycles. The molecule has 17 heavy (non-hydrogen) atoms. The number of benzene rings is 1. The molecule has 3 amide bonds. The van der Waals surface area contributed by atoms with Gasteiger partial charge in [-0.05, 0) is 25.0 Å². The first-order chi connectivity index (χ1) is 8.04. The number of carbonyl (C=O) groups excluding carboxylic acids is 2. The zero-order valence-corrected chi connectivity index (χ0v) is 10.5. The highest BCUT2D eigenvalue weighted by Crippen LogP contribution is 2.14. The highest BCUT2D eigenvalue weighted by molar-refractivity contribution is 6.31. The second kappa shape index (κ2) is 6.25. The second-order valence-electron chi connectivity index (χ2n) is 3.57. The first kappa shape index (κ1) is 13.5. The zero-order valence-electron chi connectivity index (χ0n) is 9.79. The van der Waals surface area contributed by atoms with Gasteiger partial charge < -0.3 is 5.32 Å². The Kier molecular flexibility index (Phi) is 4.97. The molecular formula is C12H15ClN2O2. The summed E-state index contributed by atoms with van der Waals surface area (Å²) >= 11 is 5.54. The van der Waals surface area contributed by atoms with Crippen molar-refractivity contribution in [2.24, 2.45) is 0 Å². The molecule has 0 radical (unpaired) electrons. The maximum atomic E-state index is 11.5. The minimum Gasteiger partial charge on any atom is -0.307 e. The molecule has 92 valence electrons. The monoisotopic (exact) mass is 254 g/mol. The van der Waals surface area contributed by atoms with Gasteiger partial charge in [0.05, 0.1) is 0 Å². The number of para-hydroxylation sites is 1. The Morgan fingerprint density at radius 2 is 2.00 bits per heavy atom. The molecule has 1 aromatic carbocycles. The average Bonchev–Trinajstić information content (AvgIpc) is 2.29. The van der Waals surface area contributed by atoms with Gasteiger partial charge in [0.25, 0.3) is 0 Å². The van der Waals surface area contributed by atoms with Crippen LogP contribution in [0, 0.1) is 0 Å². The van der Waals surface area contributed by atoms with Crippen molar-refractivity contribution in [3.8, 4) is 0 Å². The minimum absolute atomic E-state index is 0.516. The number of urea groups is 1. The summed E-state index contributed by atoms with van der Waals surface area (Å²) in [7, 11) is 0. The van der Waals surface area contributed by atoms with E-state index in [0.29, 0.717) is 5.69 Å². The maximum Gasteiger partial charge on any atom is 0.325 e. The van der Waals surface area contributed by atoms with Crippen molar-refractivity contribution in [3.05, 3.63) is 29.8 Å². The number of amides is 3. The topological polar surface area (TPSA) is 58.2 Å². The Balaban J connectivity index is 2.65. The number of nitrogens with one attached hydrogen (secondary N) is 2. The normalized spacial score (nSPS) is 11.7. The highest BCUT2D eigenvalue weighted by atomic mass is 35.5. The van der Waals surface area contributed by atoms with Crippen molar-refractivity contribution in [1.82, 2.24) is 5.32 Å². The van der Waals surface area contributed by atoms with Gasteiger partial charge in [0.1, 0.15) is 5.38 Å². The quantitative estimate of drug-likeness (QED) is 0.815. The number of anilines is 1. The third-order valence-electron chi connectivity index (χ3n) is 2.24. The number of alkyl halides is 1. The van der Waals surface area contributed by atoms with E-state index in [-0.39, 0.29) is 0 Å². The average molecular weight is 255 g/mol. The van der Waals surface area contributed by atoms with E-state index in [1.54, 1.807) is 6.07 Å². The Bertz CT molecular complexity index is 419. The Hall–Kier alpha value is -1.55. The van der Waals surface area contributed by atoms with Crippen LogP contribution in [0.4, 0.5) is 10.5 Å². The molecule has 0 aliphatic rings. The number of aryl methyl sites for hydroxylation is 1. The molecule has 4 nitrogen and oxygen atoms in total. The Morgan fingerprint density at radius 1 is 1.35 bits per heavy atom. The summed E-state index contributed by atoms with van der Waals surface area (Å²) in [5.41, 5.74) is 1.71. The van der Waals surface area contributed by atoms with Crippen molar-refractivity contribution in [1.29, 1.82) is 0 Å². The summed E-state index contributed by atoms with van der Waals surface area (Å²) in [6.45, 7) is 3.49. The van der Waals surface area contributed by atoms with Crippen LogP contribution in [0.2, 0.25) is 0 Å². The van der Waals surface area contributed by atoms with E-state index in [1.807, 2.05) is 25.1 Å². The van der Waals surface area contributed by atoms with Crippen molar-refractivity contribution >= 4 is 29.2 Å². The Morgan fingerprint density at radius 3 is 2.59 bits per heavy atom. The smallest absolute Gasteiger partial charge is 0.307 e. The van der Waals surface area contributed by atoms with Gasteiger partial charge in [-0.25, -0.2) is 4.79 Å². The largest absolute Gasteiger partial charge is 0.325 e. The third-order valence-corrected chi connectivity index (χ3v) is 2.44. The molecule has 0 aromatic heterocycles. The number of hydrogen-bond acceptors (Lipinski definition) is 2. The van der Waals surface area contributed by atoms with Crippen LogP contribution in [-0.2, 0) is 11.2 Å². The lowest BCUT2D eigenvalue weighted by molar-refractivity contribution is -0.119. The molecule has 0 bridgehead atoms. The number of carbonyl (C=O) groups is 2. The van der Waals surface area contributed by atoms with Gasteiger partial charge in [0, 0.05) is 5.69 Å². The zero-order chi connectivity index (χ0) is 12.8. The lowest BCUT2D eigenvalue weighted by Crippen LogP contribution is -2.38. The van der Waals surface area contributed by atoms with Crippen LogP contribution in [0.5, 0.6) is 0 Å². The summed E-state index contributed by atoms with van der Waals surface area (Å²) < 4.78 is 0. The lowest BCUT2D eigenvalue weighted by Gasteiger charge is -2.10. The maximum absolute atomic E-state index is 11.5. The molecule has 0 fully saturated rings. The molecule has 1 rings (SSSR count). The molecule has 1 atom stereocenters. The number of hydrogen-bond donors (Lipinski definition) is 2. The van der Waals surface area contributed by atoms with Gasteiger partial charge >= 0.3 is 6.03 Å². The molecular weight excluding hydrogens is 240 g/mol. The number of imide groups is 1. The predicted octanol–water partition coefficient (Wildman–Crippen LogP) is 2.52. The van der Waals surface area contributed by atoms with Crippen molar-refractivity contribution in [3.63, 3.8) is 0 Å². The molecule has 0 saturated carbocycles. The summed E-state index contributed by atoms with van der Waals surface area (Å²) in [6.07, 6.45) is 0.802. The fraction of sp³-hybridized carbons (Fsp3) is 0.333. The predicted molar refractivity (Wildman–Crippen MR) is 68.3 cm³/mol. The van der Waals surface area contributed by atoms with Gasteiger partial charge in [0.2, 0.25) is 5.91 Å². The van der Waals surface area contributed by atoms with Crippen molar-refractivity contribution < 1.29 is 9.59 Å². The van der Waals surface area contributed by atoms with Crippen LogP contribution in [0.3, 0.4) is 0 Å². The van der Waals surface area contributed by atoms with E-state index in [4.69, 9.17) is 11.6 Å². The summed E-state index contributed by atoms with van der Waals surface area (Å²) in [5.74, 6) is -0.516.